The normalized spacial score (nSPS) is 16.5. The highest BCUT2D eigenvalue weighted by Crippen LogP contribution is 2.28. The van der Waals surface area contributed by atoms with E-state index in [0.29, 0.717) is 19.5 Å². The van der Waals surface area contributed by atoms with Crippen LogP contribution in [0.2, 0.25) is 0 Å². The minimum Gasteiger partial charge on any atom is -0.488 e. The SMILES string of the molecule is CCNC(=NCC1Cc2ccccc2O1)NCCC(=O)NC(C)C. The zero-order valence-electron chi connectivity index (χ0n) is 14.8. The first-order valence-corrected chi connectivity index (χ1v) is 8.64. The zero-order chi connectivity index (χ0) is 17.4. The van der Waals surface area contributed by atoms with Crippen LogP contribution in [-0.2, 0) is 11.2 Å². The summed E-state index contributed by atoms with van der Waals surface area (Å²) in [4.78, 5) is 16.2. The van der Waals surface area contributed by atoms with Crippen LogP contribution in [0.3, 0.4) is 0 Å². The van der Waals surface area contributed by atoms with Crippen molar-refractivity contribution < 1.29 is 9.53 Å². The van der Waals surface area contributed by atoms with E-state index in [0.717, 1.165) is 24.7 Å². The summed E-state index contributed by atoms with van der Waals surface area (Å²) in [5, 5.41) is 9.26. The van der Waals surface area contributed by atoms with E-state index in [-0.39, 0.29) is 18.1 Å². The number of guanidine groups is 1. The van der Waals surface area contributed by atoms with Crippen molar-refractivity contribution in [2.24, 2.45) is 4.99 Å². The molecule has 0 radical (unpaired) electrons. The molecular weight excluding hydrogens is 304 g/mol. The Labute approximate surface area is 144 Å². The number of hydrogen-bond donors (Lipinski definition) is 3. The van der Waals surface area contributed by atoms with Crippen LogP contribution in [0.4, 0.5) is 0 Å². The summed E-state index contributed by atoms with van der Waals surface area (Å²) in [5.74, 6) is 1.72. The van der Waals surface area contributed by atoms with Gasteiger partial charge in [-0.1, -0.05) is 18.2 Å². The van der Waals surface area contributed by atoms with Gasteiger partial charge in [-0.05, 0) is 32.4 Å². The molecule has 1 aromatic carbocycles. The molecule has 3 N–H and O–H groups in total. The van der Waals surface area contributed by atoms with Crippen LogP contribution in [0.1, 0.15) is 32.8 Å². The van der Waals surface area contributed by atoms with E-state index in [1.807, 2.05) is 39.0 Å². The van der Waals surface area contributed by atoms with Gasteiger partial charge in [-0.2, -0.15) is 0 Å². The summed E-state index contributed by atoms with van der Waals surface area (Å²) in [6, 6.07) is 8.27. The van der Waals surface area contributed by atoms with Crippen LogP contribution in [0.5, 0.6) is 5.75 Å². The van der Waals surface area contributed by atoms with Crippen molar-refractivity contribution in [3.05, 3.63) is 29.8 Å². The first kappa shape index (κ1) is 18.1. The van der Waals surface area contributed by atoms with Crippen molar-refractivity contribution >= 4 is 11.9 Å². The smallest absolute Gasteiger partial charge is 0.221 e. The molecule has 0 saturated carbocycles. The number of benzene rings is 1. The van der Waals surface area contributed by atoms with Crippen LogP contribution >= 0.6 is 0 Å². The summed E-state index contributed by atoms with van der Waals surface area (Å²) in [7, 11) is 0. The highest BCUT2D eigenvalue weighted by molar-refractivity contribution is 5.81. The van der Waals surface area contributed by atoms with E-state index < -0.39 is 0 Å². The molecule has 1 atom stereocenters. The topological polar surface area (TPSA) is 74.8 Å². The average Bonchev–Trinajstić information content (AvgIpc) is 2.94. The molecular formula is C18H28N4O2. The van der Waals surface area contributed by atoms with Crippen molar-refractivity contribution in [2.75, 3.05) is 19.6 Å². The third-order valence-corrected chi connectivity index (χ3v) is 3.61. The number of aliphatic imine (C=N–C) groups is 1. The Morgan fingerprint density at radius 2 is 2.12 bits per heavy atom. The number of carbonyl (C=O) groups is 1. The molecule has 1 unspecified atom stereocenters. The minimum atomic E-state index is 0.0444. The Morgan fingerprint density at radius 3 is 2.83 bits per heavy atom. The number of amides is 1. The van der Waals surface area contributed by atoms with E-state index in [2.05, 4.69) is 27.0 Å². The van der Waals surface area contributed by atoms with Gasteiger partial charge in [0.2, 0.25) is 5.91 Å². The fraction of sp³-hybridized carbons (Fsp3) is 0.556. The van der Waals surface area contributed by atoms with Crippen molar-refractivity contribution in [2.45, 2.75) is 45.8 Å². The maximum Gasteiger partial charge on any atom is 0.221 e. The molecule has 1 aromatic rings. The van der Waals surface area contributed by atoms with Gasteiger partial charge in [0.25, 0.3) is 0 Å². The van der Waals surface area contributed by atoms with Gasteiger partial charge in [0.15, 0.2) is 5.96 Å². The molecule has 0 fully saturated rings. The quantitative estimate of drug-likeness (QED) is 0.522. The van der Waals surface area contributed by atoms with Crippen molar-refractivity contribution in [1.82, 2.24) is 16.0 Å². The van der Waals surface area contributed by atoms with E-state index in [9.17, 15) is 4.79 Å². The number of hydrogen-bond acceptors (Lipinski definition) is 3. The molecule has 0 aliphatic carbocycles. The molecule has 1 heterocycles. The van der Waals surface area contributed by atoms with Gasteiger partial charge in [-0.25, -0.2) is 4.99 Å². The minimum absolute atomic E-state index is 0.0444. The number of nitrogens with one attached hydrogen (secondary N) is 3. The van der Waals surface area contributed by atoms with Gasteiger partial charge in [0, 0.05) is 32.0 Å². The lowest BCUT2D eigenvalue weighted by molar-refractivity contribution is -0.121. The Balaban J connectivity index is 1.78. The highest BCUT2D eigenvalue weighted by atomic mass is 16.5. The molecule has 1 aliphatic rings. The van der Waals surface area contributed by atoms with Crippen molar-refractivity contribution in [3.8, 4) is 5.75 Å². The lowest BCUT2D eigenvalue weighted by atomic mass is 10.1. The fourth-order valence-corrected chi connectivity index (χ4v) is 2.58. The number of ether oxygens (including phenoxy) is 1. The molecule has 24 heavy (non-hydrogen) atoms. The van der Waals surface area contributed by atoms with E-state index in [1.54, 1.807) is 0 Å². The zero-order valence-corrected chi connectivity index (χ0v) is 14.8. The van der Waals surface area contributed by atoms with Gasteiger partial charge >= 0.3 is 0 Å². The number of fused-ring (bicyclic) bond motifs is 1. The molecule has 0 bridgehead atoms. The highest BCUT2D eigenvalue weighted by Gasteiger charge is 2.21. The lowest BCUT2D eigenvalue weighted by Gasteiger charge is -2.14. The van der Waals surface area contributed by atoms with Crippen molar-refractivity contribution in [3.63, 3.8) is 0 Å². The largest absolute Gasteiger partial charge is 0.488 e. The Bertz CT molecular complexity index is 547. The van der Waals surface area contributed by atoms with Crippen molar-refractivity contribution in [1.29, 1.82) is 0 Å². The summed E-state index contributed by atoms with van der Waals surface area (Å²) in [5.41, 5.74) is 1.24. The Kier molecular flexibility index (Phi) is 6.90. The predicted molar refractivity (Wildman–Crippen MR) is 96.4 cm³/mol. The van der Waals surface area contributed by atoms with Gasteiger partial charge in [-0.15, -0.1) is 0 Å². The van der Waals surface area contributed by atoms with Gasteiger partial charge in [0.1, 0.15) is 11.9 Å². The molecule has 1 amide bonds. The van der Waals surface area contributed by atoms with Crippen LogP contribution in [0.15, 0.2) is 29.3 Å². The van der Waals surface area contributed by atoms with Gasteiger partial charge < -0.3 is 20.7 Å². The van der Waals surface area contributed by atoms with Crippen LogP contribution in [0, 0.1) is 0 Å². The maximum atomic E-state index is 11.7. The number of rotatable bonds is 7. The average molecular weight is 332 g/mol. The second kappa shape index (κ2) is 9.15. The van der Waals surface area contributed by atoms with Crippen LogP contribution < -0.4 is 20.7 Å². The number of nitrogens with zero attached hydrogens (tertiary/aromatic N) is 1. The summed E-state index contributed by atoms with van der Waals surface area (Å²) in [6.07, 6.45) is 1.38. The number of carbonyl (C=O) groups excluding carboxylic acids is 1. The third-order valence-electron chi connectivity index (χ3n) is 3.61. The molecule has 6 heteroatoms. The standard InChI is InChI=1S/C18H28N4O2/c1-4-19-18(20-10-9-17(23)22-13(2)3)21-12-15-11-14-7-5-6-8-16(14)24-15/h5-8,13,15H,4,9-12H2,1-3H3,(H,22,23)(H2,19,20,21). The summed E-state index contributed by atoms with van der Waals surface area (Å²) < 4.78 is 5.90. The summed E-state index contributed by atoms with van der Waals surface area (Å²) in [6.45, 7) is 7.84. The first-order valence-electron chi connectivity index (χ1n) is 8.64. The second-order valence-electron chi connectivity index (χ2n) is 6.17. The fourth-order valence-electron chi connectivity index (χ4n) is 2.58. The summed E-state index contributed by atoms with van der Waals surface area (Å²) >= 11 is 0. The van der Waals surface area contributed by atoms with Gasteiger partial charge in [-0.3, -0.25) is 4.79 Å². The number of para-hydroxylation sites is 1. The molecule has 132 valence electrons. The molecule has 0 aromatic heterocycles. The Morgan fingerprint density at radius 1 is 1.33 bits per heavy atom. The van der Waals surface area contributed by atoms with E-state index >= 15 is 0 Å². The molecule has 2 rings (SSSR count). The van der Waals surface area contributed by atoms with Crippen LogP contribution in [-0.4, -0.2) is 43.6 Å². The molecule has 0 spiro atoms. The lowest BCUT2D eigenvalue weighted by Crippen LogP contribution is -2.40. The molecule has 1 aliphatic heterocycles. The third kappa shape index (κ3) is 5.76. The predicted octanol–water partition coefficient (Wildman–Crippen LogP) is 1.46. The van der Waals surface area contributed by atoms with E-state index in [1.165, 1.54) is 5.56 Å². The first-order chi connectivity index (χ1) is 11.6. The van der Waals surface area contributed by atoms with Gasteiger partial charge in [0.05, 0.1) is 6.54 Å². The molecule has 6 nitrogen and oxygen atoms in total. The monoisotopic (exact) mass is 332 g/mol. The second-order valence-corrected chi connectivity index (χ2v) is 6.17. The van der Waals surface area contributed by atoms with E-state index in [4.69, 9.17) is 4.74 Å². The maximum absolute atomic E-state index is 11.7. The van der Waals surface area contributed by atoms with Crippen LogP contribution in [0.25, 0.3) is 0 Å². The molecule has 0 saturated heterocycles. The Hall–Kier alpha value is -2.24.